The predicted molar refractivity (Wildman–Crippen MR) is 88.6 cm³/mol. The van der Waals surface area contributed by atoms with Crippen LogP contribution < -0.4 is 5.32 Å². The summed E-state index contributed by atoms with van der Waals surface area (Å²) in [6.07, 6.45) is 4.98. The largest absolute Gasteiger partial charge is 0.396 e. The lowest BCUT2D eigenvalue weighted by Crippen LogP contribution is -2.43. The van der Waals surface area contributed by atoms with Gasteiger partial charge in [-0.3, -0.25) is 9.69 Å². The number of nitrogens with zero attached hydrogens (tertiary/aromatic N) is 1. The number of carbonyl (C=O) groups excluding carboxylic acids is 1. The lowest BCUT2D eigenvalue weighted by Gasteiger charge is -2.28. The smallest absolute Gasteiger partial charge is 0.234 e. The van der Waals surface area contributed by atoms with Gasteiger partial charge in [-0.15, -0.1) is 0 Å². The molecule has 1 amide bonds. The number of nitrogens with one attached hydrogen (secondary N) is 1. The quantitative estimate of drug-likeness (QED) is 0.808. The van der Waals surface area contributed by atoms with E-state index in [1.54, 1.807) is 0 Å². The Morgan fingerprint density at radius 2 is 1.91 bits per heavy atom. The Morgan fingerprint density at radius 3 is 2.55 bits per heavy atom. The number of aliphatic hydroxyl groups is 1. The normalized spacial score (nSPS) is 21.8. The van der Waals surface area contributed by atoms with Crippen LogP contribution in [-0.2, 0) is 11.2 Å². The summed E-state index contributed by atoms with van der Waals surface area (Å²) in [4.78, 5) is 14.2. The molecule has 1 aliphatic rings. The van der Waals surface area contributed by atoms with Crippen LogP contribution in [0.2, 0.25) is 0 Å². The molecule has 1 aliphatic carbocycles. The van der Waals surface area contributed by atoms with Crippen molar-refractivity contribution in [3.05, 3.63) is 35.9 Å². The van der Waals surface area contributed by atoms with E-state index >= 15 is 0 Å². The monoisotopic (exact) mass is 304 g/mol. The number of aliphatic hydroxyl groups excluding tert-OH is 1. The van der Waals surface area contributed by atoms with Gasteiger partial charge in [0.05, 0.1) is 6.54 Å². The molecule has 0 bridgehead atoms. The van der Waals surface area contributed by atoms with Gasteiger partial charge in [-0.05, 0) is 50.6 Å². The zero-order valence-electron chi connectivity index (χ0n) is 13.5. The highest BCUT2D eigenvalue weighted by atomic mass is 16.3. The average Bonchev–Trinajstić information content (AvgIpc) is 2.54. The summed E-state index contributed by atoms with van der Waals surface area (Å²) in [7, 11) is 1.99. The lowest BCUT2D eigenvalue weighted by molar-refractivity contribution is -0.122. The fraction of sp³-hybridized carbons (Fsp3) is 0.611. The molecule has 0 spiro atoms. The summed E-state index contributed by atoms with van der Waals surface area (Å²) < 4.78 is 0. The molecule has 1 aromatic rings. The fourth-order valence-corrected chi connectivity index (χ4v) is 3.05. The molecule has 0 radical (unpaired) electrons. The molecule has 0 aliphatic heterocycles. The summed E-state index contributed by atoms with van der Waals surface area (Å²) in [5.41, 5.74) is 1.30. The van der Waals surface area contributed by atoms with Crippen LogP contribution in [0.4, 0.5) is 0 Å². The van der Waals surface area contributed by atoms with Crippen molar-refractivity contribution in [1.82, 2.24) is 10.2 Å². The van der Waals surface area contributed by atoms with Crippen molar-refractivity contribution >= 4 is 5.91 Å². The van der Waals surface area contributed by atoms with E-state index in [0.29, 0.717) is 12.5 Å². The molecule has 1 fully saturated rings. The van der Waals surface area contributed by atoms with E-state index in [4.69, 9.17) is 5.11 Å². The van der Waals surface area contributed by atoms with Crippen LogP contribution in [0.5, 0.6) is 0 Å². The van der Waals surface area contributed by atoms with Crippen LogP contribution in [-0.4, -0.2) is 48.7 Å². The van der Waals surface area contributed by atoms with Crippen LogP contribution in [0, 0.1) is 5.92 Å². The van der Waals surface area contributed by atoms with Crippen molar-refractivity contribution in [2.75, 3.05) is 26.7 Å². The first-order chi connectivity index (χ1) is 10.7. The van der Waals surface area contributed by atoms with E-state index in [2.05, 4.69) is 22.3 Å². The fourth-order valence-electron chi connectivity index (χ4n) is 3.05. The van der Waals surface area contributed by atoms with Crippen LogP contribution in [0.3, 0.4) is 0 Å². The molecule has 0 aromatic heterocycles. The minimum absolute atomic E-state index is 0.114. The zero-order valence-corrected chi connectivity index (χ0v) is 13.5. The van der Waals surface area contributed by atoms with Crippen LogP contribution >= 0.6 is 0 Å². The van der Waals surface area contributed by atoms with Crippen molar-refractivity contribution in [3.63, 3.8) is 0 Å². The molecular weight excluding hydrogens is 276 g/mol. The third-order valence-electron chi connectivity index (χ3n) is 4.51. The molecule has 0 heterocycles. The second-order valence-corrected chi connectivity index (χ2v) is 6.44. The van der Waals surface area contributed by atoms with E-state index in [1.165, 1.54) is 5.56 Å². The Bertz CT molecular complexity index is 442. The highest BCUT2D eigenvalue weighted by Crippen LogP contribution is 2.23. The molecule has 0 atom stereocenters. The topological polar surface area (TPSA) is 52.6 Å². The standard InChI is InChI=1S/C18H28N2O2/c1-20(12-11-15-5-3-2-4-6-15)13-18(22)19-17-9-7-16(14-21)8-10-17/h2-6,16-17,21H,7-14H2,1H3,(H,19,22). The number of rotatable bonds is 7. The second kappa shape index (κ2) is 8.91. The van der Waals surface area contributed by atoms with Gasteiger partial charge in [0.1, 0.15) is 0 Å². The van der Waals surface area contributed by atoms with Gasteiger partial charge in [0.25, 0.3) is 0 Å². The van der Waals surface area contributed by atoms with Gasteiger partial charge in [0.2, 0.25) is 5.91 Å². The Morgan fingerprint density at radius 1 is 1.23 bits per heavy atom. The second-order valence-electron chi connectivity index (χ2n) is 6.44. The minimum Gasteiger partial charge on any atom is -0.396 e. The molecule has 0 unspecified atom stereocenters. The maximum absolute atomic E-state index is 12.1. The number of carbonyl (C=O) groups is 1. The molecule has 0 saturated heterocycles. The molecule has 2 rings (SSSR count). The third-order valence-corrected chi connectivity index (χ3v) is 4.51. The zero-order chi connectivity index (χ0) is 15.8. The summed E-state index contributed by atoms with van der Waals surface area (Å²) in [5, 5.41) is 12.3. The number of benzene rings is 1. The van der Waals surface area contributed by atoms with Crippen molar-refractivity contribution in [2.24, 2.45) is 5.92 Å². The Hall–Kier alpha value is -1.39. The van der Waals surface area contributed by atoms with Gasteiger partial charge >= 0.3 is 0 Å². The van der Waals surface area contributed by atoms with E-state index in [1.807, 2.05) is 25.2 Å². The van der Waals surface area contributed by atoms with Gasteiger partial charge < -0.3 is 10.4 Å². The highest BCUT2D eigenvalue weighted by Gasteiger charge is 2.22. The lowest BCUT2D eigenvalue weighted by atomic mass is 9.86. The van der Waals surface area contributed by atoms with E-state index in [9.17, 15) is 4.79 Å². The summed E-state index contributed by atoms with van der Waals surface area (Å²) in [6.45, 7) is 1.62. The predicted octanol–water partition coefficient (Wildman–Crippen LogP) is 1.83. The van der Waals surface area contributed by atoms with Gasteiger partial charge in [0, 0.05) is 19.2 Å². The van der Waals surface area contributed by atoms with Gasteiger partial charge in [-0.25, -0.2) is 0 Å². The van der Waals surface area contributed by atoms with E-state index in [-0.39, 0.29) is 18.6 Å². The average molecular weight is 304 g/mol. The molecule has 122 valence electrons. The number of hydrogen-bond acceptors (Lipinski definition) is 3. The Kier molecular flexibility index (Phi) is 6.87. The van der Waals surface area contributed by atoms with Crippen molar-refractivity contribution in [1.29, 1.82) is 0 Å². The van der Waals surface area contributed by atoms with Crippen LogP contribution in [0.1, 0.15) is 31.2 Å². The first kappa shape index (κ1) is 17.0. The Labute approximate surface area is 133 Å². The molecule has 1 aromatic carbocycles. The van der Waals surface area contributed by atoms with Crippen LogP contribution in [0.15, 0.2) is 30.3 Å². The van der Waals surface area contributed by atoms with Crippen molar-refractivity contribution < 1.29 is 9.90 Å². The summed E-state index contributed by atoms with van der Waals surface area (Å²) in [6, 6.07) is 10.6. The maximum Gasteiger partial charge on any atom is 0.234 e. The Balaban J connectivity index is 1.64. The third kappa shape index (κ3) is 5.78. The van der Waals surface area contributed by atoms with Crippen LogP contribution in [0.25, 0.3) is 0 Å². The maximum atomic E-state index is 12.1. The molecular formula is C18H28N2O2. The molecule has 1 saturated carbocycles. The van der Waals surface area contributed by atoms with Gasteiger partial charge in [0.15, 0.2) is 0 Å². The SMILES string of the molecule is CN(CCc1ccccc1)CC(=O)NC1CCC(CO)CC1. The number of likely N-dealkylation sites (N-methyl/N-ethyl adjacent to an activating group) is 1. The summed E-state index contributed by atoms with van der Waals surface area (Å²) >= 11 is 0. The first-order valence-electron chi connectivity index (χ1n) is 8.30. The van der Waals surface area contributed by atoms with Crippen molar-refractivity contribution in [3.8, 4) is 0 Å². The van der Waals surface area contributed by atoms with E-state index < -0.39 is 0 Å². The minimum atomic E-state index is 0.114. The molecule has 4 nitrogen and oxygen atoms in total. The number of hydrogen-bond donors (Lipinski definition) is 2. The van der Waals surface area contributed by atoms with Gasteiger partial charge in [-0.1, -0.05) is 30.3 Å². The molecule has 4 heteroatoms. The van der Waals surface area contributed by atoms with Gasteiger partial charge in [-0.2, -0.15) is 0 Å². The molecule has 2 N–H and O–H groups in total. The highest BCUT2D eigenvalue weighted by molar-refractivity contribution is 5.78. The molecule has 22 heavy (non-hydrogen) atoms. The van der Waals surface area contributed by atoms with Crippen molar-refractivity contribution in [2.45, 2.75) is 38.1 Å². The first-order valence-corrected chi connectivity index (χ1v) is 8.30. The summed E-state index contributed by atoms with van der Waals surface area (Å²) in [5.74, 6) is 0.546. The van der Waals surface area contributed by atoms with E-state index in [0.717, 1.165) is 38.6 Å². The number of amides is 1.